The summed E-state index contributed by atoms with van der Waals surface area (Å²) >= 11 is 0. The minimum absolute atomic E-state index is 0.477. The molecule has 11 heavy (non-hydrogen) atoms. The third kappa shape index (κ3) is 2.80. The fraction of sp³-hybridized carbons (Fsp3) is 1.00. The molecule has 0 amide bonds. The summed E-state index contributed by atoms with van der Waals surface area (Å²) in [7, 11) is 0. The maximum Gasteiger partial charge on any atom is 0.0151 e. The van der Waals surface area contributed by atoms with Crippen molar-refractivity contribution in [3.63, 3.8) is 0 Å². The van der Waals surface area contributed by atoms with E-state index >= 15 is 0 Å². The Kier molecular flexibility index (Phi) is 3.34. The monoisotopic (exact) mass is 156 g/mol. The molecule has 1 aliphatic rings. The van der Waals surface area contributed by atoms with Gasteiger partial charge in [0.05, 0.1) is 0 Å². The average Bonchev–Trinajstić information content (AvgIpc) is 2.15. The van der Waals surface area contributed by atoms with E-state index in [1.54, 1.807) is 0 Å². The van der Waals surface area contributed by atoms with E-state index in [1.165, 1.54) is 38.5 Å². The van der Waals surface area contributed by atoms with E-state index in [4.69, 9.17) is 5.84 Å². The lowest BCUT2D eigenvalue weighted by Gasteiger charge is -2.27. The van der Waals surface area contributed by atoms with Crippen LogP contribution in [0, 0.1) is 5.41 Å². The van der Waals surface area contributed by atoms with Gasteiger partial charge in [-0.2, -0.15) is 0 Å². The SMILES string of the molecule is CC1(CNN)CCCCCC1. The smallest absolute Gasteiger partial charge is 0.0151 e. The van der Waals surface area contributed by atoms with Crippen LogP contribution < -0.4 is 11.3 Å². The molecule has 1 aliphatic carbocycles. The quantitative estimate of drug-likeness (QED) is 0.363. The highest BCUT2D eigenvalue weighted by Gasteiger charge is 2.24. The first-order valence-electron chi connectivity index (χ1n) is 4.70. The Balaban J connectivity index is 2.38. The summed E-state index contributed by atoms with van der Waals surface area (Å²) in [5, 5.41) is 0. The minimum Gasteiger partial charge on any atom is -0.271 e. The van der Waals surface area contributed by atoms with Crippen LogP contribution in [0.15, 0.2) is 0 Å². The van der Waals surface area contributed by atoms with E-state index in [2.05, 4.69) is 12.3 Å². The molecule has 3 N–H and O–H groups in total. The van der Waals surface area contributed by atoms with Gasteiger partial charge in [-0.05, 0) is 18.3 Å². The number of hydrazine groups is 1. The van der Waals surface area contributed by atoms with Crippen molar-refractivity contribution in [3.05, 3.63) is 0 Å². The van der Waals surface area contributed by atoms with Crippen molar-refractivity contribution in [2.75, 3.05) is 6.54 Å². The summed E-state index contributed by atoms with van der Waals surface area (Å²) in [6.07, 6.45) is 8.30. The zero-order valence-electron chi connectivity index (χ0n) is 7.53. The zero-order valence-corrected chi connectivity index (χ0v) is 7.53. The van der Waals surface area contributed by atoms with Gasteiger partial charge >= 0.3 is 0 Å². The summed E-state index contributed by atoms with van der Waals surface area (Å²) in [6.45, 7) is 3.32. The molecule has 1 saturated carbocycles. The molecule has 0 aromatic heterocycles. The molecule has 0 bridgehead atoms. The van der Waals surface area contributed by atoms with E-state index in [-0.39, 0.29) is 0 Å². The lowest BCUT2D eigenvalue weighted by molar-refractivity contribution is 0.265. The Labute approximate surface area is 69.5 Å². The second-order valence-electron chi connectivity index (χ2n) is 4.11. The van der Waals surface area contributed by atoms with Gasteiger partial charge < -0.3 is 0 Å². The normalized spacial score (nSPS) is 24.5. The first kappa shape index (κ1) is 9.01. The first-order chi connectivity index (χ1) is 5.27. The van der Waals surface area contributed by atoms with Gasteiger partial charge in [-0.25, -0.2) is 0 Å². The zero-order chi connectivity index (χ0) is 8.16. The molecular formula is C9H20N2. The van der Waals surface area contributed by atoms with Gasteiger partial charge in [-0.3, -0.25) is 11.3 Å². The Morgan fingerprint density at radius 2 is 1.73 bits per heavy atom. The van der Waals surface area contributed by atoms with Crippen LogP contribution in [0.4, 0.5) is 0 Å². The fourth-order valence-electron chi connectivity index (χ4n) is 2.01. The van der Waals surface area contributed by atoms with Crippen molar-refractivity contribution in [1.82, 2.24) is 5.43 Å². The lowest BCUT2D eigenvalue weighted by Crippen LogP contribution is -2.35. The number of nitrogens with one attached hydrogen (secondary N) is 1. The van der Waals surface area contributed by atoms with Crippen LogP contribution >= 0.6 is 0 Å². The Hall–Kier alpha value is -0.0800. The van der Waals surface area contributed by atoms with Crippen molar-refractivity contribution < 1.29 is 0 Å². The van der Waals surface area contributed by atoms with Crippen LogP contribution in [-0.2, 0) is 0 Å². The largest absolute Gasteiger partial charge is 0.271 e. The summed E-state index contributed by atoms with van der Waals surface area (Å²) in [6, 6.07) is 0. The molecule has 66 valence electrons. The molecule has 0 heterocycles. The summed E-state index contributed by atoms with van der Waals surface area (Å²) in [4.78, 5) is 0. The Bertz CT molecular complexity index is 104. The van der Waals surface area contributed by atoms with Crippen LogP contribution in [-0.4, -0.2) is 6.54 Å². The number of hydrogen-bond acceptors (Lipinski definition) is 2. The molecule has 0 atom stereocenters. The molecule has 0 aromatic carbocycles. The lowest BCUT2D eigenvalue weighted by atomic mass is 9.83. The van der Waals surface area contributed by atoms with Crippen LogP contribution in [0.1, 0.15) is 45.4 Å². The van der Waals surface area contributed by atoms with E-state index in [0.29, 0.717) is 5.41 Å². The summed E-state index contributed by atoms with van der Waals surface area (Å²) in [5.41, 5.74) is 3.28. The van der Waals surface area contributed by atoms with Crippen LogP contribution in [0.3, 0.4) is 0 Å². The second kappa shape index (κ2) is 4.07. The van der Waals surface area contributed by atoms with E-state index in [9.17, 15) is 0 Å². The Morgan fingerprint density at radius 3 is 2.18 bits per heavy atom. The summed E-state index contributed by atoms with van der Waals surface area (Å²) < 4.78 is 0. The number of nitrogens with two attached hydrogens (primary N) is 1. The molecule has 1 fully saturated rings. The van der Waals surface area contributed by atoms with Crippen molar-refractivity contribution in [1.29, 1.82) is 0 Å². The van der Waals surface area contributed by atoms with Gasteiger partial charge in [0.2, 0.25) is 0 Å². The minimum atomic E-state index is 0.477. The third-order valence-electron chi connectivity index (χ3n) is 2.84. The van der Waals surface area contributed by atoms with Crippen LogP contribution in [0.25, 0.3) is 0 Å². The summed E-state index contributed by atoms with van der Waals surface area (Å²) in [5.74, 6) is 5.35. The van der Waals surface area contributed by atoms with Gasteiger partial charge in [0.15, 0.2) is 0 Å². The topological polar surface area (TPSA) is 38.0 Å². The molecule has 0 radical (unpaired) electrons. The molecule has 2 heteroatoms. The molecule has 0 saturated heterocycles. The van der Waals surface area contributed by atoms with Crippen molar-refractivity contribution in [2.45, 2.75) is 45.4 Å². The standard InChI is InChI=1S/C9H20N2/c1-9(8-11-10)6-4-2-3-5-7-9/h11H,2-8,10H2,1H3. The fourth-order valence-corrected chi connectivity index (χ4v) is 2.01. The molecule has 0 aromatic rings. The highest BCUT2D eigenvalue weighted by Crippen LogP contribution is 2.33. The molecular weight excluding hydrogens is 136 g/mol. The van der Waals surface area contributed by atoms with Gasteiger partial charge in [0.25, 0.3) is 0 Å². The van der Waals surface area contributed by atoms with E-state index < -0.39 is 0 Å². The second-order valence-corrected chi connectivity index (χ2v) is 4.11. The number of hydrogen-bond donors (Lipinski definition) is 2. The maximum absolute atomic E-state index is 5.35. The third-order valence-corrected chi connectivity index (χ3v) is 2.84. The van der Waals surface area contributed by atoms with E-state index in [0.717, 1.165) is 6.54 Å². The molecule has 1 rings (SSSR count). The van der Waals surface area contributed by atoms with Gasteiger partial charge in [0.1, 0.15) is 0 Å². The van der Waals surface area contributed by atoms with Crippen molar-refractivity contribution >= 4 is 0 Å². The van der Waals surface area contributed by atoms with Crippen molar-refractivity contribution in [3.8, 4) is 0 Å². The van der Waals surface area contributed by atoms with Crippen molar-refractivity contribution in [2.24, 2.45) is 11.3 Å². The average molecular weight is 156 g/mol. The van der Waals surface area contributed by atoms with Crippen LogP contribution in [0.5, 0.6) is 0 Å². The molecule has 0 aliphatic heterocycles. The maximum atomic E-state index is 5.35. The van der Waals surface area contributed by atoms with Gasteiger partial charge in [-0.15, -0.1) is 0 Å². The molecule has 2 nitrogen and oxygen atoms in total. The Morgan fingerprint density at radius 1 is 1.18 bits per heavy atom. The van der Waals surface area contributed by atoms with Crippen LogP contribution in [0.2, 0.25) is 0 Å². The van der Waals surface area contributed by atoms with Gasteiger partial charge in [0, 0.05) is 6.54 Å². The first-order valence-corrected chi connectivity index (χ1v) is 4.70. The molecule has 0 spiro atoms. The van der Waals surface area contributed by atoms with Gasteiger partial charge in [-0.1, -0.05) is 32.6 Å². The van der Waals surface area contributed by atoms with E-state index in [1.807, 2.05) is 0 Å². The predicted octanol–water partition coefficient (Wildman–Crippen LogP) is 1.81. The predicted molar refractivity (Wildman–Crippen MR) is 48.0 cm³/mol. The highest BCUT2D eigenvalue weighted by atomic mass is 15.2. The highest BCUT2D eigenvalue weighted by molar-refractivity contribution is 4.78. The molecule has 0 unspecified atom stereocenters. The number of rotatable bonds is 2.